The van der Waals surface area contributed by atoms with E-state index in [9.17, 15) is 9.18 Å². The van der Waals surface area contributed by atoms with E-state index in [0.29, 0.717) is 24.8 Å². The third-order valence-corrected chi connectivity index (χ3v) is 5.21. The highest BCUT2D eigenvalue weighted by molar-refractivity contribution is 5.46. The molecule has 28 heavy (non-hydrogen) atoms. The van der Waals surface area contributed by atoms with E-state index in [1.54, 1.807) is 0 Å². The third-order valence-electron chi connectivity index (χ3n) is 5.21. The van der Waals surface area contributed by atoms with Crippen molar-refractivity contribution in [3.05, 3.63) is 69.6 Å². The average molecular weight is 384 g/mol. The first-order valence-electron chi connectivity index (χ1n) is 10.0. The molecule has 1 heterocycles. The second-order valence-electron chi connectivity index (χ2n) is 7.52. The molecule has 2 aromatic rings. The van der Waals surface area contributed by atoms with Crippen molar-refractivity contribution >= 4 is 5.69 Å². The summed E-state index contributed by atoms with van der Waals surface area (Å²) in [5.41, 5.74) is 2.89. The Morgan fingerprint density at radius 1 is 1.04 bits per heavy atom. The van der Waals surface area contributed by atoms with Crippen LogP contribution in [0.1, 0.15) is 37.8 Å². The van der Waals surface area contributed by atoms with Crippen LogP contribution in [0.15, 0.2) is 47.3 Å². The van der Waals surface area contributed by atoms with Crippen molar-refractivity contribution < 1.29 is 9.13 Å². The van der Waals surface area contributed by atoms with Gasteiger partial charge in [0.25, 0.3) is 0 Å². The van der Waals surface area contributed by atoms with Gasteiger partial charge in [-0.2, -0.15) is 0 Å². The van der Waals surface area contributed by atoms with Crippen LogP contribution < -0.4 is 15.1 Å². The summed E-state index contributed by atoms with van der Waals surface area (Å²) in [5, 5.41) is 0. The first-order valence-corrected chi connectivity index (χ1v) is 10.0. The van der Waals surface area contributed by atoms with Crippen LogP contribution in [0.3, 0.4) is 0 Å². The summed E-state index contributed by atoms with van der Waals surface area (Å²) in [5.74, 6) is 0.558. The Hall–Kier alpha value is -2.40. The fraction of sp³-hybridized carbons (Fsp3) is 0.435. The normalized spacial score (nSPS) is 15.1. The van der Waals surface area contributed by atoms with Gasteiger partial charge in [-0.3, -0.25) is 9.69 Å². The van der Waals surface area contributed by atoms with Gasteiger partial charge in [0.1, 0.15) is 5.82 Å². The van der Waals surface area contributed by atoms with Crippen LogP contribution in [-0.2, 0) is 6.54 Å². The zero-order valence-corrected chi connectivity index (χ0v) is 17.0. The van der Waals surface area contributed by atoms with Crippen molar-refractivity contribution in [3.8, 4) is 5.75 Å². The Morgan fingerprint density at radius 3 is 2.32 bits per heavy atom. The molecule has 5 heteroatoms. The molecule has 0 bridgehead atoms. The van der Waals surface area contributed by atoms with Crippen molar-refractivity contribution in [2.45, 2.75) is 33.2 Å². The fourth-order valence-corrected chi connectivity index (χ4v) is 3.50. The van der Waals surface area contributed by atoms with Gasteiger partial charge >= 0.3 is 0 Å². The number of benzene rings is 1. The topological polar surface area (TPSA) is 32.8 Å². The maximum Gasteiger partial charge on any atom is 0.224 e. The molecular formula is C23H29FN2O2. The lowest BCUT2D eigenvalue weighted by atomic mass is 10.1. The zero-order chi connectivity index (χ0) is 20.1. The maximum atomic E-state index is 13.1. The average Bonchev–Trinajstić information content (AvgIpc) is 2.84. The molecule has 1 aliphatic rings. The van der Waals surface area contributed by atoms with Gasteiger partial charge in [-0.05, 0) is 48.7 Å². The Kier molecular flexibility index (Phi) is 6.68. The number of piperazine rings is 1. The van der Waals surface area contributed by atoms with Crippen LogP contribution in [-0.4, -0.2) is 37.7 Å². The number of nitrogens with zero attached hydrogens (tertiary/aromatic N) is 2. The van der Waals surface area contributed by atoms with E-state index in [4.69, 9.17) is 4.74 Å². The van der Waals surface area contributed by atoms with Crippen LogP contribution in [0, 0.1) is 5.82 Å². The minimum atomic E-state index is -0.215. The smallest absolute Gasteiger partial charge is 0.224 e. The third kappa shape index (κ3) is 4.90. The van der Waals surface area contributed by atoms with Crippen molar-refractivity contribution in [2.24, 2.45) is 0 Å². The molecule has 150 valence electrons. The van der Waals surface area contributed by atoms with E-state index in [0.717, 1.165) is 43.0 Å². The molecule has 0 atom stereocenters. The quantitative estimate of drug-likeness (QED) is 0.753. The molecule has 0 unspecified atom stereocenters. The first-order chi connectivity index (χ1) is 13.5. The molecule has 0 N–H and O–H groups in total. The second kappa shape index (κ2) is 9.20. The first kappa shape index (κ1) is 20.3. The van der Waals surface area contributed by atoms with E-state index in [-0.39, 0.29) is 11.2 Å². The van der Waals surface area contributed by atoms with Gasteiger partial charge in [0.2, 0.25) is 5.43 Å². The van der Waals surface area contributed by atoms with E-state index in [1.165, 1.54) is 12.1 Å². The summed E-state index contributed by atoms with van der Waals surface area (Å²) in [6.45, 7) is 10.6. The van der Waals surface area contributed by atoms with Gasteiger partial charge in [0, 0.05) is 44.0 Å². The van der Waals surface area contributed by atoms with Crippen molar-refractivity contribution in [2.75, 3.05) is 37.7 Å². The Bertz CT molecular complexity index is 844. The lowest BCUT2D eigenvalue weighted by molar-refractivity contribution is 0.248. The van der Waals surface area contributed by atoms with Crippen molar-refractivity contribution in [1.29, 1.82) is 0 Å². The zero-order valence-electron chi connectivity index (χ0n) is 17.0. The van der Waals surface area contributed by atoms with Gasteiger partial charge < -0.3 is 9.64 Å². The molecule has 0 aliphatic carbocycles. The Morgan fingerprint density at radius 2 is 1.71 bits per heavy atom. The Labute approximate surface area is 166 Å². The fourth-order valence-electron chi connectivity index (χ4n) is 3.50. The highest BCUT2D eigenvalue weighted by atomic mass is 19.1. The Balaban J connectivity index is 1.72. The molecule has 0 spiro atoms. The largest absolute Gasteiger partial charge is 0.490 e. The molecule has 4 nitrogen and oxygen atoms in total. The lowest BCUT2D eigenvalue weighted by Crippen LogP contribution is -2.46. The second-order valence-corrected chi connectivity index (χ2v) is 7.52. The monoisotopic (exact) mass is 384 g/mol. The predicted octanol–water partition coefficient (Wildman–Crippen LogP) is 4.03. The molecule has 2 aromatic carbocycles. The summed E-state index contributed by atoms with van der Waals surface area (Å²) in [4.78, 5) is 17.5. The number of rotatable bonds is 6. The summed E-state index contributed by atoms with van der Waals surface area (Å²) in [6, 6.07) is 12.5. The molecule has 0 aromatic heterocycles. The summed E-state index contributed by atoms with van der Waals surface area (Å²) in [7, 11) is 0. The van der Waals surface area contributed by atoms with Crippen molar-refractivity contribution in [1.82, 2.24) is 4.90 Å². The standard InChI is InChI=1S/C23H29FN2O2/c1-4-28-22-15-18(17(2)3)5-6-19(23(22)27)16-25-11-13-26(14-12-25)21-9-7-20(24)8-10-21/h5-10,15,17H,4,11-14,16H2,1-3H3. The minimum absolute atomic E-state index is 0.0188. The van der Waals surface area contributed by atoms with Gasteiger partial charge in [-0.1, -0.05) is 26.0 Å². The van der Waals surface area contributed by atoms with Gasteiger partial charge in [-0.15, -0.1) is 0 Å². The number of hydrogen-bond acceptors (Lipinski definition) is 4. The molecular weight excluding hydrogens is 355 g/mol. The minimum Gasteiger partial charge on any atom is -0.490 e. The summed E-state index contributed by atoms with van der Waals surface area (Å²) < 4.78 is 18.8. The van der Waals surface area contributed by atoms with E-state index in [2.05, 4.69) is 23.6 Å². The highest BCUT2D eigenvalue weighted by Crippen LogP contribution is 2.20. The maximum absolute atomic E-state index is 13.1. The molecule has 1 aliphatic heterocycles. The van der Waals surface area contributed by atoms with Gasteiger partial charge in [-0.25, -0.2) is 4.39 Å². The SMILES string of the molecule is CCOc1cc(C(C)C)ccc(CN2CCN(c3ccc(F)cc3)CC2)c1=O. The van der Waals surface area contributed by atoms with Crippen molar-refractivity contribution in [3.63, 3.8) is 0 Å². The van der Waals surface area contributed by atoms with E-state index < -0.39 is 0 Å². The molecule has 0 amide bonds. The van der Waals surface area contributed by atoms with Crippen LogP contribution in [0.5, 0.6) is 5.75 Å². The highest BCUT2D eigenvalue weighted by Gasteiger charge is 2.19. The van der Waals surface area contributed by atoms with E-state index in [1.807, 2.05) is 37.3 Å². The summed E-state index contributed by atoms with van der Waals surface area (Å²) >= 11 is 0. The van der Waals surface area contributed by atoms with E-state index >= 15 is 0 Å². The van der Waals surface area contributed by atoms with Crippen LogP contribution >= 0.6 is 0 Å². The number of hydrogen-bond donors (Lipinski definition) is 0. The van der Waals surface area contributed by atoms with Crippen LogP contribution in [0.2, 0.25) is 0 Å². The van der Waals surface area contributed by atoms with Gasteiger partial charge in [0.05, 0.1) is 6.61 Å². The van der Waals surface area contributed by atoms with Crippen LogP contribution in [0.25, 0.3) is 0 Å². The number of anilines is 1. The predicted molar refractivity (Wildman–Crippen MR) is 112 cm³/mol. The molecule has 0 saturated carbocycles. The lowest BCUT2D eigenvalue weighted by Gasteiger charge is -2.36. The molecule has 1 fully saturated rings. The van der Waals surface area contributed by atoms with Crippen LogP contribution in [0.4, 0.5) is 10.1 Å². The molecule has 1 saturated heterocycles. The number of ether oxygens (including phenoxy) is 1. The molecule has 0 radical (unpaired) electrons. The number of halogens is 1. The summed E-state index contributed by atoms with van der Waals surface area (Å²) in [6.07, 6.45) is 0. The molecule has 3 rings (SSSR count). The van der Waals surface area contributed by atoms with Gasteiger partial charge in [0.15, 0.2) is 5.75 Å².